The van der Waals surface area contributed by atoms with Crippen LogP contribution in [0.5, 0.6) is 5.88 Å². The van der Waals surface area contributed by atoms with E-state index in [9.17, 15) is 10.1 Å². The lowest BCUT2D eigenvalue weighted by atomic mass is 10.1. The van der Waals surface area contributed by atoms with Gasteiger partial charge in [0.25, 0.3) is 0 Å². The van der Waals surface area contributed by atoms with E-state index in [0.717, 1.165) is 6.54 Å². The number of hydrogen-bond donors (Lipinski definition) is 1. The fraction of sp³-hybridized carbons (Fsp3) is 0.727. The van der Waals surface area contributed by atoms with Gasteiger partial charge in [0.1, 0.15) is 18.9 Å². The molecule has 1 aliphatic heterocycles. The van der Waals surface area contributed by atoms with Gasteiger partial charge in [0.15, 0.2) is 0 Å². The summed E-state index contributed by atoms with van der Waals surface area (Å²) in [5.41, 5.74) is -0.395. The molecular weight excluding hydrogens is 252 g/mol. The van der Waals surface area contributed by atoms with Gasteiger partial charge >= 0.3 is 11.6 Å². The van der Waals surface area contributed by atoms with Gasteiger partial charge in [-0.1, -0.05) is 0 Å². The third-order valence-electron chi connectivity index (χ3n) is 2.79. The van der Waals surface area contributed by atoms with Gasteiger partial charge in [-0.2, -0.15) is 0 Å². The first-order chi connectivity index (χ1) is 8.87. The second-order valence-corrected chi connectivity index (χ2v) is 5.19. The van der Waals surface area contributed by atoms with Crippen LogP contribution in [0.3, 0.4) is 0 Å². The van der Waals surface area contributed by atoms with Gasteiger partial charge in [0, 0.05) is 20.1 Å². The monoisotopic (exact) mass is 270 g/mol. The third-order valence-corrected chi connectivity index (χ3v) is 2.79. The van der Waals surface area contributed by atoms with E-state index in [1.807, 2.05) is 13.8 Å². The zero-order chi connectivity index (χ0) is 14.0. The molecule has 1 aliphatic rings. The van der Waals surface area contributed by atoms with Crippen molar-refractivity contribution in [3.05, 3.63) is 16.3 Å². The van der Waals surface area contributed by atoms with E-state index in [1.165, 1.54) is 10.9 Å². The summed E-state index contributed by atoms with van der Waals surface area (Å²) in [6, 6.07) is 0. The molecule has 19 heavy (non-hydrogen) atoms. The highest BCUT2D eigenvalue weighted by atomic mass is 16.6. The second kappa shape index (κ2) is 5.14. The summed E-state index contributed by atoms with van der Waals surface area (Å²) in [6.07, 6.45) is 1.17. The Hall–Kier alpha value is -1.67. The highest BCUT2D eigenvalue weighted by molar-refractivity contribution is 5.38. The Morgan fingerprint density at radius 2 is 2.47 bits per heavy atom. The molecule has 0 radical (unpaired) electrons. The summed E-state index contributed by atoms with van der Waals surface area (Å²) in [5, 5.41) is 18.0. The number of nitrogens with one attached hydrogen (secondary N) is 1. The Kier molecular flexibility index (Phi) is 3.72. The normalized spacial score (nSPS) is 22.2. The summed E-state index contributed by atoms with van der Waals surface area (Å²) in [7, 11) is 1.61. The van der Waals surface area contributed by atoms with Crippen LogP contribution in [0, 0.1) is 10.1 Å². The van der Waals surface area contributed by atoms with E-state index in [1.54, 1.807) is 7.05 Å². The lowest BCUT2D eigenvalue weighted by Gasteiger charge is -2.36. The number of nitrogens with zero attached hydrogens (tertiary/aromatic N) is 3. The minimum Gasteiger partial charge on any atom is -0.469 e. The van der Waals surface area contributed by atoms with Gasteiger partial charge in [-0.25, -0.2) is 0 Å². The molecule has 2 heterocycles. The molecule has 0 bridgehead atoms. The van der Waals surface area contributed by atoms with Crippen molar-refractivity contribution in [2.75, 3.05) is 19.7 Å². The molecule has 0 spiro atoms. The zero-order valence-corrected chi connectivity index (χ0v) is 11.3. The Morgan fingerprint density at radius 3 is 3.11 bits per heavy atom. The van der Waals surface area contributed by atoms with Crippen LogP contribution in [-0.4, -0.2) is 46.1 Å². The van der Waals surface area contributed by atoms with Crippen molar-refractivity contribution in [1.82, 2.24) is 15.1 Å². The first kappa shape index (κ1) is 13.8. The van der Waals surface area contributed by atoms with Crippen LogP contribution in [0.2, 0.25) is 0 Å². The molecule has 1 fully saturated rings. The molecule has 2 rings (SSSR count). The van der Waals surface area contributed by atoms with Crippen molar-refractivity contribution in [3.63, 3.8) is 0 Å². The van der Waals surface area contributed by atoms with Crippen LogP contribution in [0.1, 0.15) is 13.8 Å². The van der Waals surface area contributed by atoms with Crippen LogP contribution < -0.4 is 10.1 Å². The third kappa shape index (κ3) is 3.42. The maximum Gasteiger partial charge on any atom is 0.350 e. The molecule has 1 aromatic rings. The molecule has 1 aromatic heterocycles. The summed E-state index contributed by atoms with van der Waals surface area (Å²) in [6.45, 7) is 5.62. The van der Waals surface area contributed by atoms with Crippen molar-refractivity contribution in [3.8, 4) is 5.88 Å². The van der Waals surface area contributed by atoms with Crippen molar-refractivity contribution in [2.24, 2.45) is 7.05 Å². The number of hydrogen-bond acceptors (Lipinski definition) is 6. The maximum atomic E-state index is 10.8. The predicted octanol–water partition coefficient (Wildman–Crippen LogP) is 0.474. The molecule has 1 N–H and O–H groups in total. The Balaban J connectivity index is 1.97. The second-order valence-electron chi connectivity index (χ2n) is 5.19. The van der Waals surface area contributed by atoms with Gasteiger partial charge in [-0.3, -0.25) is 14.8 Å². The Morgan fingerprint density at radius 1 is 1.74 bits per heavy atom. The van der Waals surface area contributed by atoms with Crippen molar-refractivity contribution >= 4 is 5.69 Å². The highest BCUT2D eigenvalue weighted by Crippen LogP contribution is 2.24. The molecule has 8 heteroatoms. The Labute approximate surface area is 110 Å². The molecular formula is C11H18N4O4. The molecule has 0 saturated carbocycles. The van der Waals surface area contributed by atoms with E-state index in [0.29, 0.717) is 6.54 Å². The molecule has 8 nitrogen and oxygen atoms in total. The molecule has 1 unspecified atom stereocenters. The van der Waals surface area contributed by atoms with Gasteiger partial charge < -0.3 is 14.8 Å². The highest BCUT2D eigenvalue weighted by Gasteiger charge is 2.29. The van der Waals surface area contributed by atoms with Gasteiger partial charge in [0.05, 0.1) is 10.5 Å². The number of nitro groups is 1. The summed E-state index contributed by atoms with van der Waals surface area (Å²) in [5.74, 6) is 0.0273. The summed E-state index contributed by atoms with van der Waals surface area (Å²) < 4.78 is 12.6. The Bertz CT molecular complexity index is 471. The lowest BCUT2D eigenvalue weighted by Crippen LogP contribution is -2.52. The van der Waals surface area contributed by atoms with E-state index in [-0.39, 0.29) is 29.9 Å². The first-order valence-corrected chi connectivity index (χ1v) is 6.07. The average molecular weight is 270 g/mol. The van der Waals surface area contributed by atoms with Crippen LogP contribution in [0.15, 0.2) is 6.20 Å². The number of aryl methyl sites for hydroxylation is 1. The van der Waals surface area contributed by atoms with Gasteiger partial charge in [-0.05, 0) is 13.8 Å². The van der Waals surface area contributed by atoms with E-state index < -0.39 is 4.92 Å². The van der Waals surface area contributed by atoms with Gasteiger partial charge in [-0.15, -0.1) is 5.10 Å². The molecule has 0 aromatic carbocycles. The molecule has 1 atom stereocenters. The lowest BCUT2D eigenvalue weighted by molar-refractivity contribution is -0.386. The number of ether oxygens (including phenoxy) is 2. The van der Waals surface area contributed by atoms with Crippen molar-refractivity contribution in [2.45, 2.75) is 25.6 Å². The van der Waals surface area contributed by atoms with Crippen LogP contribution in [-0.2, 0) is 11.8 Å². The van der Waals surface area contributed by atoms with Crippen LogP contribution in [0.4, 0.5) is 5.69 Å². The quantitative estimate of drug-likeness (QED) is 0.632. The van der Waals surface area contributed by atoms with Gasteiger partial charge in [0.2, 0.25) is 0 Å². The molecule has 0 amide bonds. The fourth-order valence-corrected chi connectivity index (χ4v) is 2.02. The van der Waals surface area contributed by atoms with E-state index >= 15 is 0 Å². The predicted molar refractivity (Wildman–Crippen MR) is 67.2 cm³/mol. The summed E-state index contributed by atoms with van der Waals surface area (Å²) in [4.78, 5) is 10.3. The summed E-state index contributed by atoms with van der Waals surface area (Å²) >= 11 is 0. The smallest absolute Gasteiger partial charge is 0.350 e. The van der Waals surface area contributed by atoms with E-state index in [2.05, 4.69) is 10.4 Å². The largest absolute Gasteiger partial charge is 0.469 e. The van der Waals surface area contributed by atoms with Crippen LogP contribution >= 0.6 is 0 Å². The topological polar surface area (TPSA) is 91.5 Å². The molecule has 0 aliphatic carbocycles. The van der Waals surface area contributed by atoms with Crippen molar-refractivity contribution < 1.29 is 14.4 Å². The number of aromatic nitrogens is 2. The molecule has 106 valence electrons. The fourth-order valence-electron chi connectivity index (χ4n) is 2.02. The first-order valence-electron chi connectivity index (χ1n) is 6.07. The van der Waals surface area contributed by atoms with Crippen molar-refractivity contribution in [1.29, 1.82) is 0 Å². The van der Waals surface area contributed by atoms with Crippen LogP contribution in [0.25, 0.3) is 0 Å². The van der Waals surface area contributed by atoms with E-state index in [4.69, 9.17) is 9.47 Å². The number of rotatable bonds is 4. The SMILES string of the molecule is Cn1cc([N+](=O)[O-])c(OCC2CNCC(C)(C)O2)n1. The maximum absolute atomic E-state index is 10.8. The molecule has 1 saturated heterocycles. The average Bonchev–Trinajstić information content (AvgIpc) is 2.67. The minimum atomic E-state index is -0.508. The minimum absolute atomic E-state index is 0.0273. The number of morpholine rings is 1. The zero-order valence-electron chi connectivity index (χ0n) is 11.3. The standard InChI is InChI=1S/C11H18N4O4/c1-11(2)7-12-4-8(19-11)6-18-10-9(15(16)17)5-14(3)13-10/h5,8,12H,4,6-7H2,1-3H3.